The molecule has 2 aliphatic rings. The van der Waals surface area contributed by atoms with Gasteiger partial charge in [-0.1, -0.05) is 6.92 Å². The third-order valence-electron chi connectivity index (χ3n) is 4.54. The average molecular weight is 424 g/mol. The predicted molar refractivity (Wildman–Crippen MR) is 103 cm³/mol. The zero-order valence-electron chi connectivity index (χ0n) is 14.4. The molecule has 0 aromatic rings. The third kappa shape index (κ3) is 6.58. The first-order valence-electron chi connectivity index (χ1n) is 8.42. The van der Waals surface area contributed by atoms with Gasteiger partial charge in [-0.3, -0.25) is 4.99 Å². The van der Waals surface area contributed by atoms with E-state index in [0.717, 1.165) is 38.5 Å². The molecule has 0 aromatic heterocycles. The summed E-state index contributed by atoms with van der Waals surface area (Å²) in [6.07, 6.45) is 5.02. The minimum Gasteiger partial charge on any atom is -0.373 e. The molecular weight excluding hydrogens is 391 g/mol. The molecule has 2 fully saturated rings. The van der Waals surface area contributed by atoms with Crippen molar-refractivity contribution in [3.8, 4) is 0 Å². The lowest BCUT2D eigenvalue weighted by molar-refractivity contribution is 0.0242. The van der Waals surface area contributed by atoms with Crippen LogP contribution >= 0.6 is 24.0 Å². The molecule has 2 aliphatic heterocycles. The first-order valence-corrected chi connectivity index (χ1v) is 8.42. The summed E-state index contributed by atoms with van der Waals surface area (Å²) < 4.78 is 5.80. The number of likely N-dealkylation sites (tertiary alicyclic amines) is 1. The van der Waals surface area contributed by atoms with Gasteiger partial charge in [-0.05, 0) is 51.6 Å². The van der Waals surface area contributed by atoms with E-state index in [0.29, 0.717) is 5.92 Å². The molecule has 0 spiro atoms. The smallest absolute Gasteiger partial charge is 0.191 e. The number of nitrogens with zero attached hydrogens (tertiary/aromatic N) is 2. The van der Waals surface area contributed by atoms with Gasteiger partial charge in [0.15, 0.2) is 5.96 Å². The molecule has 2 rings (SSSR count). The highest BCUT2D eigenvalue weighted by Gasteiger charge is 2.29. The lowest BCUT2D eigenvalue weighted by Crippen LogP contribution is -2.47. The second-order valence-corrected chi connectivity index (χ2v) is 6.82. The van der Waals surface area contributed by atoms with Crippen molar-refractivity contribution in [3.63, 3.8) is 0 Å². The molecule has 6 heteroatoms. The molecule has 0 radical (unpaired) electrons. The van der Waals surface area contributed by atoms with Crippen LogP contribution in [0.3, 0.4) is 0 Å². The van der Waals surface area contributed by atoms with Crippen LogP contribution in [0, 0.1) is 5.92 Å². The summed E-state index contributed by atoms with van der Waals surface area (Å²) in [6, 6.07) is 0. The Morgan fingerprint density at radius 1 is 1.27 bits per heavy atom. The van der Waals surface area contributed by atoms with Gasteiger partial charge in [0.2, 0.25) is 0 Å². The van der Waals surface area contributed by atoms with E-state index in [2.05, 4.69) is 34.4 Å². The highest BCUT2D eigenvalue weighted by Crippen LogP contribution is 2.23. The number of guanidine groups is 1. The van der Waals surface area contributed by atoms with Gasteiger partial charge in [-0.15, -0.1) is 24.0 Å². The maximum Gasteiger partial charge on any atom is 0.191 e. The second-order valence-electron chi connectivity index (χ2n) is 6.82. The molecule has 0 aliphatic carbocycles. The molecular formula is C16H33IN4O. The van der Waals surface area contributed by atoms with Crippen molar-refractivity contribution in [1.29, 1.82) is 0 Å². The van der Waals surface area contributed by atoms with Crippen LogP contribution in [-0.2, 0) is 4.74 Å². The SMILES string of the molecule is CN=C(NCC(C)CN1CCCC1)NCC1(C)CCCO1.I. The fraction of sp³-hybridized carbons (Fsp3) is 0.938. The summed E-state index contributed by atoms with van der Waals surface area (Å²) in [4.78, 5) is 6.87. The fourth-order valence-electron chi connectivity index (χ4n) is 3.21. The Labute approximate surface area is 152 Å². The van der Waals surface area contributed by atoms with Gasteiger partial charge >= 0.3 is 0 Å². The zero-order chi connectivity index (χ0) is 15.1. The summed E-state index contributed by atoms with van der Waals surface area (Å²) in [5.41, 5.74) is -0.0290. The van der Waals surface area contributed by atoms with Gasteiger partial charge < -0.3 is 20.3 Å². The highest BCUT2D eigenvalue weighted by atomic mass is 127. The zero-order valence-corrected chi connectivity index (χ0v) is 16.7. The molecule has 0 saturated carbocycles. The average Bonchev–Trinajstić information content (AvgIpc) is 3.11. The van der Waals surface area contributed by atoms with Crippen molar-refractivity contribution in [2.75, 3.05) is 46.4 Å². The van der Waals surface area contributed by atoms with Crippen molar-refractivity contribution in [2.24, 2.45) is 10.9 Å². The Bertz CT molecular complexity index is 339. The number of hydrogen-bond acceptors (Lipinski definition) is 3. The molecule has 5 nitrogen and oxygen atoms in total. The number of hydrogen-bond donors (Lipinski definition) is 2. The van der Waals surface area contributed by atoms with E-state index in [9.17, 15) is 0 Å². The summed E-state index contributed by atoms with van der Waals surface area (Å²) in [5.74, 6) is 1.53. The van der Waals surface area contributed by atoms with E-state index < -0.39 is 0 Å². The third-order valence-corrected chi connectivity index (χ3v) is 4.54. The van der Waals surface area contributed by atoms with Crippen molar-refractivity contribution < 1.29 is 4.74 Å². The van der Waals surface area contributed by atoms with Crippen LogP contribution < -0.4 is 10.6 Å². The Balaban J connectivity index is 0.00000242. The Morgan fingerprint density at radius 2 is 2.00 bits per heavy atom. The van der Waals surface area contributed by atoms with E-state index in [1.807, 2.05) is 7.05 Å². The number of rotatable bonds is 6. The maximum atomic E-state index is 5.80. The van der Waals surface area contributed by atoms with Crippen molar-refractivity contribution in [2.45, 2.75) is 45.1 Å². The van der Waals surface area contributed by atoms with Crippen LogP contribution in [0.15, 0.2) is 4.99 Å². The lowest BCUT2D eigenvalue weighted by Gasteiger charge is -2.25. The van der Waals surface area contributed by atoms with E-state index in [1.165, 1.54) is 32.5 Å². The molecule has 22 heavy (non-hydrogen) atoms. The minimum atomic E-state index is -0.0290. The molecule has 130 valence electrons. The van der Waals surface area contributed by atoms with E-state index in [-0.39, 0.29) is 29.6 Å². The van der Waals surface area contributed by atoms with E-state index >= 15 is 0 Å². The molecule has 0 amide bonds. The van der Waals surface area contributed by atoms with Crippen LogP contribution in [0.25, 0.3) is 0 Å². The van der Waals surface area contributed by atoms with Crippen molar-refractivity contribution in [1.82, 2.24) is 15.5 Å². The van der Waals surface area contributed by atoms with Crippen LogP contribution in [0.1, 0.15) is 39.5 Å². The summed E-state index contributed by atoms with van der Waals surface area (Å²) in [7, 11) is 1.83. The van der Waals surface area contributed by atoms with Gasteiger partial charge in [0.25, 0.3) is 0 Å². The topological polar surface area (TPSA) is 48.9 Å². The fourth-order valence-corrected chi connectivity index (χ4v) is 3.21. The van der Waals surface area contributed by atoms with Gasteiger partial charge in [0, 0.05) is 33.3 Å². The first-order chi connectivity index (χ1) is 10.1. The monoisotopic (exact) mass is 424 g/mol. The Kier molecular flexibility index (Phi) is 9.01. The molecule has 2 atom stereocenters. The van der Waals surface area contributed by atoms with E-state index in [1.54, 1.807) is 0 Å². The number of ether oxygens (including phenoxy) is 1. The quantitative estimate of drug-likeness (QED) is 0.390. The van der Waals surface area contributed by atoms with Crippen molar-refractivity contribution >= 4 is 29.9 Å². The van der Waals surface area contributed by atoms with Crippen LogP contribution in [-0.4, -0.2) is 62.8 Å². The number of aliphatic imine (C=N–C) groups is 1. The second kappa shape index (κ2) is 9.93. The summed E-state index contributed by atoms with van der Waals surface area (Å²) in [5, 5.41) is 6.84. The maximum absolute atomic E-state index is 5.80. The van der Waals surface area contributed by atoms with Crippen LogP contribution in [0.4, 0.5) is 0 Å². The Morgan fingerprint density at radius 3 is 2.59 bits per heavy atom. The van der Waals surface area contributed by atoms with Gasteiger partial charge in [0.1, 0.15) is 0 Å². The Hall–Kier alpha value is -0.0800. The van der Waals surface area contributed by atoms with Crippen LogP contribution in [0.2, 0.25) is 0 Å². The van der Waals surface area contributed by atoms with Gasteiger partial charge in [0.05, 0.1) is 5.60 Å². The molecule has 2 N–H and O–H groups in total. The van der Waals surface area contributed by atoms with E-state index in [4.69, 9.17) is 4.74 Å². The van der Waals surface area contributed by atoms with Crippen molar-refractivity contribution in [3.05, 3.63) is 0 Å². The molecule has 2 unspecified atom stereocenters. The predicted octanol–water partition coefficient (Wildman–Crippen LogP) is 2.07. The molecule has 0 bridgehead atoms. The molecule has 2 saturated heterocycles. The standard InChI is InChI=1S/C16H32N4O.HI/c1-14(12-20-8-4-5-9-20)11-18-15(17-3)19-13-16(2)7-6-10-21-16;/h14H,4-13H2,1-3H3,(H2,17,18,19);1H. The minimum absolute atomic E-state index is 0. The highest BCUT2D eigenvalue weighted by molar-refractivity contribution is 14.0. The summed E-state index contributed by atoms with van der Waals surface area (Å²) >= 11 is 0. The molecule has 0 aromatic carbocycles. The molecule has 2 heterocycles. The largest absolute Gasteiger partial charge is 0.373 e. The number of halogens is 1. The normalized spacial score (nSPS) is 27.5. The van der Waals surface area contributed by atoms with Gasteiger partial charge in [-0.25, -0.2) is 0 Å². The van der Waals surface area contributed by atoms with Crippen LogP contribution in [0.5, 0.6) is 0 Å². The first kappa shape index (κ1) is 20.0. The summed E-state index contributed by atoms with van der Waals surface area (Å²) in [6.45, 7) is 10.9. The number of nitrogens with one attached hydrogen (secondary N) is 2. The lowest BCUT2D eigenvalue weighted by atomic mass is 10.0. The van der Waals surface area contributed by atoms with Gasteiger partial charge in [-0.2, -0.15) is 0 Å².